The second-order valence-electron chi connectivity index (χ2n) is 2.53. The number of Topliss-reactive ketones (excluding diaryl/α,β-unsaturated/α-hetero) is 1. The number of ketones is 1. The second kappa shape index (κ2) is 3.35. The highest BCUT2D eigenvalue weighted by Crippen LogP contribution is 2.21. The van der Waals surface area contributed by atoms with Gasteiger partial charge in [0, 0.05) is 13.5 Å². The third kappa shape index (κ3) is 1.50. The van der Waals surface area contributed by atoms with E-state index >= 15 is 0 Å². The standard InChI is InChI=1S/C7H11ClO2/c1-10-6-4-2-3-5(9)7(6)8/h6-7H,2-4H2,1H3. The summed E-state index contributed by atoms with van der Waals surface area (Å²) >= 11 is 5.76. The summed E-state index contributed by atoms with van der Waals surface area (Å²) in [5.74, 6) is 0.125. The van der Waals surface area contributed by atoms with Gasteiger partial charge in [0.25, 0.3) is 0 Å². The molecule has 58 valence electrons. The Hall–Kier alpha value is -0.0800. The van der Waals surface area contributed by atoms with Crippen LogP contribution in [0, 0.1) is 0 Å². The first-order chi connectivity index (χ1) is 4.75. The van der Waals surface area contributed by atoms with Crippen molar-refractivity contribution in [1.29, 1.82) is 0 Å². The van der Waals surface area contributed by atoms with Gasteiger partial charge in [0.1, 0.15) is 5.38 Å². The average Bonchev–Trinajstić information content (AvgIpc) is 1.95. The quantitative estimate of drug-likeness (QED) is 0.545. The topological polar surface area (TPSA) is 26.3 Å². The Kier molecular flexibility index (Phi) is 2.69. The van der Waals surface area contributed by atoms with E-state index in [0.29, 0.717) is 6.42 Å². The molecule has 0 aromatic rings. The van der Waals surface area contributed by atoms with Crippen molar-refractivity contribution >= 4 is 17.4 Å². The van der Waals surface area contributed by atoms with Crippen molar-refractivity contribution in [2.75, 3.05) is 7.11 Å². The van der Waals surface area contributed by atoms with Gasteiger partial charge in [-0.25, -0.2) is 0 Å². The number of carbonyl (C=O) groups is 1. The van der Waals surface area contributed by atoms with Gasteiger partial charge >= 0.3 is 0 Å². The van der Waals surface area contributed by atoms with Crippen LogP contribution in [0.2, 0.25) is 0 Å². The Morgan fingerprint density at radius 3 is 2.90 bits per heavy atom. The lowest BCUT2D eigenvalue weighted by molar-refractivity contribution is -0.123. The van der Waals surface area contributed by atoms with E-state index < -0.39 is 5.38 Å². The lowest BCUT2D eigenvalue weighted by Crippen LogP contribution is -2.34. The van der Waals surface area contributed by atoms with Crippen LogP contribution in [-0.4, -0.2) is 24.4 Å². The first-order valence-electron chi connectivity index (χ1n) is 3.45. The number of alkyl halides is 1. The van der Waals surface area contributed by atoms with Crippen LogP contribution < -0.4 is 0 Å². The van der Waals surface area contributed by atoms with Gasteiger partial charge in [-0.3, -0.25) is 4.79 Å². The third-order valence-electron chi connectivity index (χ3n) is 1.85. The van der Waals surface area contributed by atoms with Gasteiger partial charge < -0.3 is 4.74 Å². The number of hydrogen-bond donors (Lipinski definition) is 0. The van der Waals surface area contributed by atoms with Crippen LogP contribution in [0.5, 0.6) is 0 Å². The summed E-state index contributed by atoms with van der Waals surface area (Å²) in [6.07, 6.45) is 2.40. The molecule has 0 saturated heterocycles. The number of methoxy groups -OCH3 is 1. The summed E-state index contributed by atoms with van der Waals surface area (Å²) in [5, 5.41) is -0.404. The van der Waals surface area contributed by atoms with Crippen molar-refractivity contribution in [1.82, 2.24) is 0 Å². The maximum absolute atomic E-state index is 11.0. The molecule has 1 rings (SSSR count). The van der Waals surface area contributed by atoms with Crippen molar-refractivity contribution < 1.29 is 9.53 Å². The largest absolute Gasteiger partial charge is 0.379 e. The van der Waals surface area contributed by atoms with Crippen LogP contribution in [0.3, 0.4) is 0 Å². The van der Waals surface area contributed by atoms with Gasteiger partial charge in [-0.05, 0) is 12.8 Å². The molecule has 0 radical (unpaired) electrons. The van der Waals surface area contributed by atoms with Crippen molar-refractivity contribution in [3.8, 4) is 0 Å². The highest BCUT2D eigenvalue weighted by molar-refractivity contribution is 6.31. The first-order valence-corrected chi connectivity index (χ1v) is 3.89. The minimum Gasteiger partial charge on any atom is -0.379 e. The Labute approximate surface area is 65.5 Å². The summed E-state index contributed by atoms with van der Waals surface area (Å²) in [4.78, 5) is 11.0. The van der Waals surface area contributed by atoms with E-state index in [1.54, 1.807) is 7.11 Å². The molecule has 0 aromatic carbocycles. The molecule has 0 aromatic heterocycles. The zero-order valence-corrected chi connectivity index (χ0v) is 6.73. The smallest absolute Gasteiger partial charge is 0.153 e. The Bertz CT molecular complexity index is 136. The van der Waals surface area contributed by atoms with E-state index in [4.69, 9.17) is 16.3 Å². The van der Waals surface area contributed by atoms with Crippen molar-refractivity contribution in [2.45, 2.75) is 30.7 Å². The molecule has 0 spiro atoms. The normalized spacial score (nSPS) is 34.4. The minimum absolute atomic E-state index is 0.0529. The molecule has 0 bridgehead atoms. The number of ether oxygens (including phenoxy) is 1. The van der Waals surface area contributed by atoms with E-state index in [1.165, 1.54) is 0 Å². The maximum Gasteiger partial charge on any atom is 0.153 e. The van der Waals surface area contributed by atoms with Crippen LogP contribution in [0.4, 0.5) is 0 Å². The summed E-state index contributed by atoms with van der Waals surface area (Å²) in [7, 11) is 1.60. The van der Waals surface area contributed by atoms with Gasteiger partial charge in [-0.2, -0.15) is 0 Å². The number of carbonyl (C=O) groups excluding carboxylic acids is 1. The van der Waals surface area contributed by atoms with E-state index in [1.807, 2.05) is 0 Å². The van der Waals surface area contributed by atoms with E-state index in [2.05, 4.69) is 0 Å². The predicted molar refractivity (Wildman–Crippen MR) is 39.3 cm³/mol. The molecule has 1 aliphatic carbocycles. The third-order valence-corrected chi connectivity index (χ3v) is 2.37. The van der Waals surface area contributed by atoms with Crippen molar-refractivity contribution in [3.63, 3.8) is 0 Å². The molecule has 1 fully saturated rings. The number of halogens is 1. The molecule has 1 aliphatic rings. The summed E-state index contributed by atoms with van der Waals surface area (Å²) in [6, 6.07) is 0. The fourth-order valence-electron chi connectivity index (χ4n) is 1.21. The fourth-order valence-corrected chi connectivity index (χ4v) is 1.54. The molecule has 0 N–H and O–H groups in total. The molecular formula is C7H11ClO2. The van der Waals surface area contributed by atoms with Gasteiger partial charge in [0.2, 0.25) is 0 Å². The molecule has 0 amide bonds. The highest BCUT2D eigenvalue weighted by atomic mass is 35.5. The SMILES string of the molecule is COC1CCCC(=O)C1Cl. The van der Waals surface area contributed by atoms with Gasteiger partial charge in [0.05, 0.1) is 6.10 Å². The van der Waals surface area contributed by atoms with Crippen LogP contribution in [0.25, 0.3) is 0 Å². The minimum atomic E-state index is -0.404. The Morgan fingerprint density at radius 2 is 2.40 bits per heavy atom. The van der Waals surface area contributed by atoms with Crippen molar-refractivity contribution in [3.05, 3.63) is 0 Å². The molecule has 10 heavy (non-hydrogen) atoms. The summed E-state index contributed by atoms with van der Waals surface area (Å²) in [5.41, 5.74) is 0. The molecule has 2 nitrogen and oxygen atoms in total. The predicted octanol–water partition coefficient (Wildman–Crippen LogP) is 1.36. The Morgan fingerprint density at radius 1 is 1.70 bits per heavy atom. The van der Waals surface area contributed by atoms with Crippen LogP contribution in [0.15, 0.2) is 0 Å². The summed E-state index contributed by atoms with van der Waals surface area (Å²) in [6.45, 7) is 0. The monoisotopic (exact) mass is 162 g/mol. The molecule has 1 saturated carbocycles. The molecule has 2 atom stereocenters. The molecule has 3 heteroatoms. The Balaban J connectivity index is 2.51. The average molecular weight is 163 g/mol. The lowest BCUT2D eigenvalue weighted by Gasteiger charge is -2.24. The summed E-state index contributed by atoms with van der Waals surface area (Å²) < 4.78 is 5.02. The maximum atomic E-state index is 11.0. The fraction of sp³-hybridized carbons (Fsp3) is 0.857. The molecule has 2 unspecified atom stereocenters. The molecule has 0 heterocycles. The zero-order chi connectivity index (χ0) is 7.56. The van der Waals surface area contributed by atoms with Gasteiger partial charge in [-0.15, -0.1) is 11.6 Å². The number of rotatable bonds is 1. The van der Waals surface area contributed by atoms with E-state index in [9.17, 15) is 4.79 Å². The zero-order valence-electron chi connectivity index (χ0n) is 5.97. The number of hydrogen-bond acceptors (Lipinski definition) is 2. The lowest BCUT2D eigenvalue weighted by atomic mass is 9.96. The van der Waals surface area contributed by atoms with Crippen LogP contribution in [-0.2, 0) is 9.53 Å². The molecular weight excluding hydrogens is 152 g/mol. The van der Waals surface area contributed by atoms with E-state index in [-0.39, 0.29) is 11.9 Å². The van der Waals surface area contributed by atoms with Crippen LogP contribution in [0.1, 0.15) is 19.3 Å². The van der Waals surface area contributed by atoms with E-state index in [0.717, 1.165) is 12.8 Å². The molecule has 0 aliphatic heterocycles. The van der Waals surface area contributed by atoms with Gasteiger partial charge in [0.15, 0.2) is 5.78 Å². The van der Waals surface area contributed by atoms with Gasteiger partial charge in [-0.1, -0.05) is 0 Å². The highest BCUT2D eigenvalue weighted by Gasteiger charge is 2.29. The second-order valence-corrected chi connectivity index (χ2v) is 3.00. The first kappa shape index (κ1) is 8.02. The van der Waals surface area contributed by atoms with Crippen molar-refractivity contribution in [2.24, 2.45) is 0 Å². The van der Waals surface area contributed by atoms with Crippen LogP contribution >= 0.6 is 11.6 Å².